The topological polar surface area (TPSA) is 42.0 Å². The largest absolute Gasteiger partial charge is 0.356 e. The lowest BCUT2D eigenvalue weighted by Gasteiger charge is -2.06. The number of hydrogen-bond acceptors (Lipinski definition) is 2. The maximum atomic E-state index is 11.8. The van der Waals surface area contributed by atoms with E-state index in [1.54, 1.807) is 6.20 Å². The van der Waals surface area contributed by atoms with Crippen LogP contribution in [-0.2, 0) is 17.6 Å². The van der Waals surface area contributed by atoms with Crippen LogP contribution in [0.15, 0.2) is 48.7 Å². The molecule has 0 spiro atoms. The van der Waals surface area contributed by atoms with Crippen molar-refractivity contribution < 1.29 is 4.79 Å². The molecule has 0 saturated heterocycles. The van der Waals surface area contributed by atoms with Crippen LogP contribution in [-0.4, -0.2) is 17.4 Å². The van der Waals surface area contributed by atoms with Crippen molar-refractivity contribution in [1.82, 2.24) is 10.3 Å². The fourth-order valence-electron chi connectivity index (χ4n) is 2.26. The van der Waals surface area contributed by atoms with E-state index >= 15 is 0 Å². The van der Waals surface area contributed by atoms with E-state index in [2.05, 4.69) is 35.4 Å². The minimum absolute atomic E-state index is 0.123. The van der Waals surface area contributed by atoms with Crippen molar-refractivity contribution in [3.63, 3.8) is 0 Å². The summed E-state index contributed by atoms with van der Waals surface area (Å²) >= 11 is 0. The molecule has 3 heteroatoms. The number of carbonyl (C=O) groups is 1. The van der Waals surface area contributed by atoms with Crippen molar-refractivity contribution in [2.45, 2.75) is 32.6 Å². The summed E-state index contributed by atoms with van der Waals surface area (Å²) in [5, 5.41) is 2.97. The summed E-state index contributed by atoms with van der Waals surface area (Å²) < 4.78 is 0. The monoisotopic (exact) mass is 282 g/mol. The average molecular weight is 282 g/mol. The van der Waals surface area contributed by atoms with Crippen molar-refractivity contribution in [2.75, 3.05) is 6.54 Å². The van der Waals surface area contributed by atoms with Crippen LogP contribution in [0.3, 0.4) is 0 Å². The minimum atomic E-state index is 0.123. The van der Waals surface area contributed by atoms with Crippen molar-refractivity contribution in [3.8, 4) is 0 Å². The molecule has 1 aromatic carbocycles. The normalized spacial score (nSPS) is 10.3. The third kappa shape index (κ3) is 5.78. The summed E-state index contributed by atoms with van der Waals surface area (Å²) in [6, 6.07) is 14.2. The first kappa shape index (κ1) is 15.2. The Morgan fingerprint density at radius 2 is 2.05 bits per heavy atom. The van der Waals surface area contributed by atoms with Crippen LogP contribution >= 0.6 is 0 Å². The first-order valence-corrected chi connectivity index (χ1v) is 7.46. The zero-order valence-corrected chi connectivity index (χ0v) is 12.5. The number of aryl methyl sites for hydroxylation is 3. The molecule has 0 aliphatic rings. The minimum Gasteiger partial charge on any atom is -0.356 e. The molecule has 1 amide bonds. The lowest BCUT2D eigenvalue weighted by molar-refractivity contribution is -0.121. The number of carbonyl (C=O) groups excluding carboxylic acids is 1. The van der Waals surface area contributed by atoms with Gasteiger partial charge in [0.1, 0.15) is 0 Å². The fraction of sp³-hybridized carbons (Fsp3) is 0.333. The van der Waals surface area contributed by atoms with E-state index in [4.69, 9.17) is 0 Å². The number of nitrogens with zero attached hydrogens (tertiary/aromatic N) is 1. The molecule has 1 heterocycles. The number of amides is 1. The summed E-state index contributed by atoms with van der Waals surface area (Å²) in [6.45, 7) is 2.78. The van der Waals surface area contributed by atoms with Gasteiger partial charge < -0.3 is 5.32 Å². The standard InChI is InChI=1S/C18H22N2O/c1-15-6-4-7-16(14-15)10-11-18(21)20-13-5-9-17-8-2-3-12-19-17/h2-4,6-8,12,14H,5,9-11,13H2,1H3,(H,20,21). The highest BCUT2D eigenvalue weighted by molar-refractivity contribution is 5.76. The second-order valence-corrected chi connectivity index (χ2v) is 5.26. The van der Waals surface area contributed by atoms with E-state index in [-0.39, 0.29) is 5.91 Å². The Kier molecular flexibility index (Phi) is 5.95. The lowest BCUT2D eigenvalue weighted by Crippen LogP contribution is -2.25. The quantitative estimate of drug-likeness (QED) is 0.793. The number of benzene rings is 1. The van der Waals surface area contributed by atoms with Crippen LogP contribution in [0.4, 0.5) is 0 Å². The van der Waals surface area contributed by atoms with Gasteiger partial charge in [-0.25, -0.2) is 0 Å². The van der Waals surface area contributed by atoms with Gasteiger partial charge >= 0.3 is 0 Å². The maximum Gasteiger partial charge on any atom is 0.220 e. The molecule has 1 aromatic heterocycles. The van der Waals surface area contributed by atoms with Gasteiger partial charge in [-0.1, -0.05) is 35.9 Å². The number of nitrogens with one attached hydrogen (secondary N) is 1. The molecule has 0 bridgehead atoms. The van der Waals surface area contributed by atoms with E-state index in [1.807, 2.05) is 24.3 Å². The number of rotatable bonds is 7. The zero-order chi connectivity index (χ0) is 14.9. The average Bonchev–Trinajstić information content (AvgIpc) is 2.51. The number of pyridine rings is 1. The number of aromatic nitrogens is 1. The molecule has 0 aliphatic heterocycles. The van der Waals surface area contributed by atoms with Crippen molar-refractivity contribution >= 4 is 5.91 Å². The summed E-state index contributed by atoms with van der Waals surface area (Å²) in [4.78, 5) is 16.1. The Labute approximate surface area is 126 Å². The summed E-state index contributed by atoms with van der Waals surface area (Å²) in [7, 11) is 0. The molecule has 0 fully saturated rings. The second kappa shape index (κ2) is 8.20. The van der Waals surface area contributed by atoms with Gasteiger partial charge in [0.2, 0.25) is 5.91 Å². The molecule has 1 N–H and O–H groups in total. The van der Waals surface area contributed by atoms with Crippen LogP contribution in [0.25, 0.3) is 0 Å². The Morgan fingerprint density at radius 1 is 1.14 bits per heavy atom. The Bertz CT molecular complexity index is 566. The third-order valence-electron chi connectivity index (χ3n) is 3.38. The molecule has 0 unspecified atom stereocenters. The molecule has 3 nitrogen and oxygen atoms in total. The molecule has 0 radical (unpaired) electrons. The smallest absolute Gasteiger partial charge is 0.220 e. The van der Waals surface area contributed by atoms with Crippen molar-refractivity contribution in [3.05, 3.63) is 65.5 Å². The Morgan fingerprint density at radius 3 is 2.81 bits per heavy atom. The van der Waals surface area contributed by atoms with E-state index < -0.39 is 0 Å². The van der Waals surface area contributed by atoms with Gasteiger partial charge in [-0.2, -0.15) is 0 Å². The van der Waals surface area contributed by atoms with Crippen LogP contribution in [0.5, 0.6) is 0 Å². The number of hydrogen-bond donors (Lipinski definition) is 1. The molecule has 0 aliphatic carbocycles. The van der Waals surface area contributed by atoms with Crippen LogP contribution in [0, 0.1) is 6.92 Å². The van der Waals surface area contributed by atoms with Gasteiger partial charge in [-0.15, -0.1) is 0 Å². The van der Waals surface area contributed by atoms with Gasteiger partial charge in [0.25, 0.3) is 0 Å². The predicted molar refractivity (Wildman–Crippen MR) is 85.1 cm³/mol. The second-order valence-electron chi connectivity index (χ2n) is 5.26. The maximum absolute atomic E-state index is 11.8. The Hall–Kier alpha value is -2.16. The van der Waals surface area contributed by atoms with E-state index in [0.29, 0.717) is 13.0 Å². The van der Waals surface area contributed by atoms with Crippen LogP contribution in [0.2, 0.25) is 0 Å². The SMILES string of the molecule is Cc1cccc(CCC(=O)NCCCc2ccccn2)c1. The summed E-state index contributed by atoms with van der Waals surface area (Å²) in [6.07, 6.45) is 4.97. The Balaban J connectivity index is 1.62. The molecule has 21 heavy (non-hydrogen) atoms. The zero-order valence-electron chi connectivity index (χ0n) is 12.5. The third-order valence-corrected chi connectivity index (χ3v) is 3.38. The van der Waals surface area contributed by atoms with E-state index in [9.17, 15) is 4.79 Å². The van der Waals surface area contributed by atoms with Gasteiger partial charge in [0.05, 0.1) is 0 Å². The first-order valence-electron chi connectivity index (χ1n) is 7.46. The lowest BCUT2D eigenvalue weighted by atomic mass is 10.1. The van der Waals surface area contributed by atoms with Gasteiger partial charge in [0.15, 0.2) is 0 Å². The molecule has 2 aromatic rings. The molecular formula is C18H22N2O. The predicted octanol–water partition coefficient (Wildman–Crippen LogP) is 3.07. The van der Waals surface area contributed by atoms with E-state index in [1.165, 1.54) is 11.1 Å². The van der Waals surface area contributed by atoms with Crippen LogP contribution in [0.1, 0.15) is 29.7 Å². The summed E-state index contributed by atoms with van der Waals surface area (Å²) in [5.41, 5.74) is 3.54. The molecule has 0 atom stereocenters. The van der Waals surface area contributed by atoms with E-state index in [0.717, 1.165) is 25.0 Å². The van der Waals surface area contributed by atoms with Gasteiger partial charge in [-0.05, 0) is 43.9 Å². The highest BCUT2D eigenvalue weighted by atomic mass is 16.1. The highest BCUT2D eigenvalue weighted by Gasteiger charge is 2.02. The highest BCUT2D eigenvalue weighted by Crippen LogP contribution is 2.06. The fourth-order valence-corrected chi connectivity index (χ4v) is 2.26. The summed E-state index contributed by atoms with van der Waals surface area (Å²) in [5.74, 6) is 0.123. The van der Waals surface area contributed by atoms with Gasteiger partial charge in [0, 0.05) is 24.9 Å². The molecule has 110 valence electrons. The molecule has 2 rings (SSSR count). The molecule has 0 saturated carbocycles. The molecular weight excluding hydrogens is 260 g/mol. The van der Waals surface area contributed by atoms with Crippen molar-refractivity contribution in [2.24, 2.45) is 0 Å². The van der Waals surface area contributed by atoms with Crippen molar-refractivity contribution in [1.29, 1.82) is 0 Å². The van der Waals surface area contributed by atoms with Crippen LogP contribution < -0.4 is 5.32 Å². The first-order chi connectivity index (χ1) is 10.2. The van der Waals surface area contributed by atoms with Gasteiger partial charge in [-0.3, -0.25) is 9.78 Å².